The second kappa shape index (κ2) is 32.2. The van der Waals surface area contributed by atoms with Crippen molar-refractivity contribution in [3.63, 3.8) is 0 Å². The van der Waals surface area contributed by atoms with E-state index < -0.39 is 23.9 Å². The number of hydrogen-bond acceptors (Lipinski definition) is 18. The summed E-state index contributed by atoms with van der Waals surface area (Å²) in [4.78, 5) is 0. The Bertz CT molecular complexity index is 830. The van der Waals surface area contributed by atoms with Gasteiger partial charge in [-0.25, -0.2) is 0 Å². The molecular weight excluding hydrogens is 961 g/mol. The van der Waals surface area contributed by atoms with Crippen LogP contribution in [0.5, 0.6) is 0 Å². The largest absolute Gasteiger partial charge is 0.808 e. The maximum Gasteiger partial charge on any atom is 0.808 e. The van der Waals surface area contributed by atoms with Crippen LogP contribution in [0.1, 0.15) is 102 Å². The summed E-state index contributed by atoms with van der Waals surface area (Å²) in [5.74, 6) is 2.88. The minimum Gasteiger partial charge on any atom is -0.331 e. The first-order valence-corrected chi connectivity index (χ1v) is 42.2. The van der Waals surface area contributed by atoms with Crippen LogP contribution in [-0.4, -0.2) is 110 Å². The highest BCUT2D eigenvalue weighted by molar-refractivity contribution is 9.32. The highest BCUT2D eigenvalue weighted by Gasteiger charge is 2.70. The Morgan fingerprint density at radius 3 is 1.00 bits per heavy atom. The first-order valence-electron chi connectivity index (χ1n) is 18.6. The molecule has 0 amide bonds. The minimum absolute atomic E-state index is 0.124. The van der Waals surface area contributed by atoms with E-state index in [1.54, 1.807) is 0 Å². The molecule has 0 heterocycles. The van der Waals surface area contributed by atoms with Crippen molar-refractivity contribution < 1.29 is 39.8 Å². The molecule has 0 aliphatic heterocycles. The summed E-state index contributed by atoms with van der Waals surface area (Å²) in [6, 6.07) is 0. The van der Waals surface area contributed by atoms with Crippen molar-refractivity contribution in [1.29, 1.82) is 0 Å². The molecule has 1 fully saturated rings. The molecule has 0 aromatic rings. The van der Waals surface area contributed by atoms with Gasteiger partial charge < -0.3 is 39.8 Å². The first-order chi connectivity index (χ1) is 25.6. The highest BCUT2D eigenvalue weighted by Crippen LogP contribution is 2.67. The molecule has 0 spiro atoms. The van der Waals surface area contributed by atoms with Crippen molar-refractivity contribution in [3.8, 4) is 0 Å². The second-order valence-electron chi connectivity index (χ2n) is 9.98. The zero-order chi connectivity index (χ0) is 39.6. The van der Waals surface area contributed by atoms with Gasteiger partial charge >= 0.3 is 23.9 Å². The van der Waals surface area contributed by atoms with Gasteiger partial charge in [0, 0.05) is 82.0 Å². The van der Waals surface area contributed by atoms with Gasteiger partial charge in [-0.15, -0.1) is 0 Å². The van der Waals surface area contributed by atoms with E-state index in [0.717, 1.165) is 36.5 Å². The van der Waals surface area contributed by atoms with Crippen molar-refractivity contribution in [1.82, 2.24) is 0 Å². The van der Waals surface area contributed by atoms with Crippen LogP contribution in [0.4, 0.5) is 0 Å². The summed E-state index contributed by atoms with van der Waals surface area (Å²) in [6.45, 7) is 30.2. The first kappa shape index (κ1) is 55.5. The Hall–Kier alpha value is 4.49. The second-order valence-corrected chi connectivity index (χ2v) is 52.6. The van der Waals surface area contributed by atoms with E-state index in [0.29, 0.717) is 64.7 Å². The Labute approximate surface area is 367 Å². The topological polar surface area (TPSA) is 83.1 Å². The smallest absolute Gasteiger partial charge is 0.331 e. The Kier molecular flexibility index (Phi) is 33.7. The van der Waals surface area contributed by atoms with E-state index in [-0.39, 0.29) is 29.3 Å². The molecule has 0 aromatic carbocycles. The fraction of sp³-hybridized carbons (Fsp3) is 1.00. The SMILES string of the molecule is CCO[Si](OCC)(OCC)[S+](SCC)SSC1CCCC1(SS[S+](SCC)[Si](OCC)(OCC)OCC)SS[S+](SCC)[Si](OCC)(OCC)OCC. The Morgan fingerprint density at radius 1 is 0.453 bits per heavy atom. The Morgan fingerprint density at radius 2 is 0.736 bits per heavy atom. The van der Waals surface area contributed by atoms with Crippen LogP contribution < -0.4 is 0 Å². The van der Waals surface area contributed by atoms with Crippen LogP contribution >= 0.6 is 94.2 Å². The molecule has 4 unspecified atom stereocenters. The van der Waals surface area contributed by atoms with Gasteiger partial charge in [-0.3, -0.25) is 0 Å². The molecule has 1 rings (SSSR count). The minimum atomic E-state index is -2.99. The van der Waals surface area contributed by atoms with E-state index in [4.69, 9.17) is 39.8 Å². The predicted molar refractivity (Wildman–Crippen MR) is 264 cm³/mol. The zero-order valence-electron chi connectivity index (χ0n) is 33.8. The van der Waals surface area contributed by atoms with E-state index in [1.807, 2.05) is 157 Å². The molecule has 9 nitrogen and oxygen atoms in total. The van der Waals surface area contributed by atoms with E-state index in [1.165, 1.54) is 0 Å². The molecule has 1 aliphatic rings. The summed E-state index contributed by atoms with van der Waals surface area (Å²) >= 11 is 0. The van der Waals surface area contributed by atoms with Crippen LogP contribution in [0, 0.1) is 0 Å². The molecule has 318 valence electrons. The summed E-state index contributed by atoms with van der Waals surface area (Å²) in [6.07, 6.45) is 3.36. The maximum atomic E-state index is 6.51. The van der Waals surface area contributed by atoms with Gasteiger partial charge in [-0.05, 0) is 114 Å². The summed E-state index contributed by atoms with van der Waals surface area (Å²) in [7, 11) is 7.71. The van der Waals surface area contributed by atoms with Crippen LogP contribution in [0.25, 0.3) is 0 Å². The maximum absolute atomic E-state index is 6.51. The lowest BCUT2D eigenvalue weighted by Gasteiger charge is -2.32. The zero-order valence-corrected chi connectivity index (χ0v) is 46.6. The summed E-state index contributed by atoms with van der Waals surface area (Å²) in [5, 5.41) is 0.352. The van der Waals surface area contributed by atoms with Gasteiger partial charge in [-0.2, -0.15) is 0 Å². The van der Waals surface area contributed by atoms with Crippen LogP contribution in [-0.2, 0) is 65.1 Å². The third-order valence-electron chi connectivity index (χ3n) is 6.35. The average Bonchev–Trinajstić information content (AvgIpc) is 3.53. The molecule has 4 atom stereocenters. The quantitative estimate of drug-likeness (QED) is 0.0258. The lowest BCUT2D eigenvalue weighted by molar-refractivity contribution is 0.0958. The van der Waals surface area contributed by atoms with Crippen LogP contribution in [0.3, 0.4) is 0 Å². The average molecular weight is 1030 g/mol. The van der Waals surface area contributed by atoms with Crippen LogP contribution in [0.15, 0.2) is 0 Å². The van der Waals surface area contributed by atoms with E-state index in [2.05, 4.69) is 20.8 Å². The molecule has 0 aromatic heterocycles. The van der Waals surface area contributed by atoms with Gasteiger partial charge in [0.05, 0.1) is 32.4 Å². The molecule has 53 heavy (non-hydrogen) atoms. The normalized spacial score (nSPS) is 20.3. The molecule has 0 radical (unpaired) electrons. The lowest BCUT2D eigenvalue weighted by Crippen LogP contribution is -2.51. The molecule has 24 heteroatoms. The number of hydrogen-bond donors (Lipinski definition) is 0. The summed E-state index contributed by atoms with van der Waals surface area (Å²) < 4.78 is 58.4. The fourth-order valence-electron chi connectivity index (χ4n) is 4.62. The van der Waals surface area contributed by atoms with Crippen molar-refractivity contribution >= 4 is 143 Å². The molecule has 0 saturated heterocycles. The van der Waals surface area contributed by atoms with Crippen molar-refractivity contribution in [2.45, 2.75) is 112 Å². The van der Waals surface area contributed by atoms with Crippen molar-refractivity contribution in [2.75, 3.05) is 76.7 Å². The van der Waals surface area contributed by atoms with Gasteiger partial charge in [0.25, 0.3) is 0 Å². The van der Waals surface area contributed by atoms with Crippen molar-refractivity contribution in [2.24, 2.45) is 0 Å². The van der Waals surface area contributed by atoms with Crippen LogP contribution in [0.2, 0.25) is 0 Å². The third-order valence-corrected chi connectivity index (χ3v) is 66.4. The molecule has 0 bridgehead atoms. The molecule has 1 aliphatic carbocycles. The number of rotatable bonds is 36. The van der Waals surface area contributed by atoms with Gasteiger partial charge in [0.2, 0.25) is 0 Å². The monoisotopic (exact) mass is 1030 g/mol. The molecular formula is C29H67O9S12Si3+3. The highest BCUT2D eigenvalue weighted by atomic mass is 33.8. The fourth-order valence-corrected chi connectivity index (χ4v) is 71.0. The van der Waals surface area contributed by atoms with Gasteiger partial charge in [0.15, 0.2) is 54.7 Å². The van der Waals surface area contributed by atoms with Gasteiger partial charge in [-0.1, -0.05) is 20.8 Å². The molecule has 1 saturated carbocycles. The summed E-state index contributed by atoms with van der Waals surface area (Å²) in [5.41, 5.74) is 0. The lowest BCUT2D eigenvalue weighted by atomic mass is 10.3. The van der Waals surface area contributed by atoms with Crippen molar-refractivity contribution in [3.05, 3.63) is 0 Å². The van der Waals surface area contributed by atoms with Gasteiger partial charge in [0.1, 0.15) is 4.08 Å². The third kappa shape index (κ3) is 17.6. The van der Waals surface area contributed by atoms with E-state index in [9.17, 15) is 0 Å². The predicted octanol–water partition coefficient (Wildman–Crippen LogP) is 11.6. The standard InChI is InChI=1S/C29H67O9S12Si3/c1-13-30-51(31-14-2,32-15-3)48(39-22-10)45-42-28-26-25-27-29(28,43-46-49(40-23-11)52(33-16-4,34-17-5)35-18-6)44-47-50(41-24-12)53(36-19-7,37-20-8)38-21-9/h28H,13-27H2,1-12H3/q+3. The van der Waals surface area contributed by atoms with E-state index >= 15 is 0 Å². The molecule has 0 N–H and O–H groups in total. The Balaban J connectivity index is 3.72.